The molecule has 1 aromatic carbocycles. The molecule has 0 atom stereocenters. The summed E-state index contributed by atoms with van der Waals surface area (Å²) in [5.74, 6) is 0. The zero-order valence-corrected chi connectivity index (χ0v) is 8.91. The number of para-hydroxylation sites is 1. The molecule has 0 aliphatic rings. The lowest BCUT2D eigenvalue weighted by Gasteiger charge is -2.15. The molecule has 14 heavy (non-hydrogen) atoms. The van der Waals surface area contributed by atoms with Crippen molar-refractivity contribution in [3.8, 4) is 0 Å². The molecule has 1 rings (SSSR count). The average Bonchev–Trinajstić information content (AvgIpc) is 2.22. The van der Waals surface area contributed by atoms with E-state index in [0.29, 0.717) is 6.54 Å². The van der Waals surface area contributed by atoms with E-state index in [9.17, 15) is 0 Å². The Balaban J connectivity index is 2.49. The second-order valence-corrected chi connectivity index (χ2v) is 3.10. The zero-order chi connectivity index (χ0) is 10.4. The summed E-state index contributed by atoms with van der Waals surface area (Å²) in [4.78, 5) is 0. The van der Waals surface area contributed by atoms with Crippen molar-refractivity contribution in [3.05, 3.63) is 29.8 Å². The molecule has 3 heteroatoms. The minimum absolute atomic E-state index is 0.199. The summed E-state index contributed by atoms with van der Waals surface area (Å²) in [5.41, 5.74) is 2.34. The van der Waals surface area contributed by atoms with Crippen LogP contribution in [0.15, 0.2) is 24.3 Å². The molecule has 0 saturated heterocycles. The van der Waals surface area contributed by atoms with Crippen molar-refractivity contribution in [1.82, 2.24) is 0 Å². The Morgan fingerprint density at radius 3 is 2.43 bits per heavy atom. The van der Waals surface area contributed by atoms with Gasteiger partial charge in [-0.1, -0.05) is 18.2 Å². The van der Waals surface area contributed by atoms with E-state index in [1.807, 2.05) is 18.2 Å². The van der Waals surface area contributed by atoms with Crippen molar-refractivity contribution in [1.29, 1.82) is 0 Å². The Bertz CT molecular complexity index is 272. The first-order valence-electron chi connectivity index (χ1n) is 4.63. The summed E-state index contributed by atoms with van der Waals surface area (Å²) in [6, 6.07) is 8.13. The van der Waals surface area contributed by atoms with Gasteiger partial charge in [-0.05, 0) is 18.6 Å². The molecule has 0 spiro atoms. The Kier molecular flexibility index (Phi) is 4.43. The topological polar surface area (TPSA) is 30.5 Å². The second kappa shape index (κ2) is 5.62. The molecular weight excluding hydrogens is 178 g/mol. The highest BCUT2D eigenvalue weighted by Gasteiger charge is 2.04. The Morgan fingerprint density at radius 2 is 1.86 bits per heavy atom. The van der Waals surface area contributed by atoms with Crippen LogP contribution in [0.5, 0.6) is 0 Å². The van der Waals surface area contributed by atoms with Crippen LogP contribution in [-0.4, -0.2) is 27.1 Å². The van der Waals surface area contributed by atoms with Gasteiger partial charge in [0.2, 0.25) is 0 Å². The number of benzene rings is 1. The van der Waals surface area contributed by atoms with Gasteiger partial charge in [-0.2, -0.15) is 0 Å². The molecule has 0 amide bonds. The first-order valence-corrected chi connectivity index (χ1v) is 4.63. The molecule has 0 aliphatic carbocycles. The number of methoxy groups -OCH3 is 2. The fourth-order valence-electron chi connectivity index (χ4n) is 1.23. The first-order chi connectivity index (χ1) is 6.77. The largest absolute Gasteiger partial charge is 0.380 e. The summed E-state index contributed by atoms with van der Waals surface area (Å²) < 4.78 is 10.2. The molecule has 0 heterocycles. The Hall–Kier alpha value is -1.06. The lowest BCUT2D eigenvalue weighted by Crippen LogP contribution is -2.23. The van der Waals surface area contributed by atoms with Gasteiger partial charge in [0, 0.05) is 19.9 Å². The maximum absolute atomic E-state index is 5.08. The standard InChI is InChI=1S/C11H17NO2/c1-9-6-4-5-7-10(9)12-8-11(13-2)14-3/h4-7,11-12H,8H2,1-3H3. The van der Waals surface area contributed by atoms with E-state index in [2.05, 4.69) is 18.3 Å². The molecule has 0 radical (unpaired) electrons. The van der Waals surface area contributed by atoms with E-state index < -0.39 is 0 Å². The van der Waals surface area contributed by atoms with E-state index in [4.69, 9.17) is 9.47 Å². The van der Waals surface area contributed by atoms with Gasteiger partial charge in [0.15, 0.2) is 6.29 Å². The van der Waals surface area contributed by atoms with Crippen molar-refractivity contribution in [2.45, 2.75) is 13.2 Å². The molecule has 0 aliphatic heterocycles. The van der Waals surface area contributed by atoms with Gasteiger partial charge in [0.05, 0.1) is 6.54 Å². The lowest BCUT2D eigenvalue weighted by molar-refractivity contribution is -0.0914. The van der Waals surface area contributed by atoms with E-state index in [1.54, 1.807) is 14.2 Å². The lowest BCUT2D eigenvalue weighted by atomic mass is 10.2. The SMILES string of the molecule is COC(CNc1ccccc1C)OC. The van der Waals surface area contributed by atoms with Gasteiger partial charge in [-0.15, -0.1) is 0 Å². The summed E-state index contributed by atoms with van der Waals surface area (Å²) in [5, 5.41) is 3.26. The smallest absolute Gasteiger partial charge is 0.173 e. The van der Waals surface area contributed by atoms with Gasteiger partial charge >= 0.3 is 0 Å². The normalized spacial score (nSPS) is 10.6. The number of aryl methyl sites for hydroxylation is 1. The number of rotatable bonds is 5. The summed E-state index contributed by atoms with van der Waals surface area (Å²) >= 11 is 0. The highest BCUT2D eigenvalue weighted by Crippen LogP contribution is 2.12. The third-order valence-corrected chi connectivity index (χ3v) is 2.13. The maximum atomic E-state index is 5.08. The minimum atomic E-state index is -0.199. The molecular formula is C11H17NO2. The molecule has 1 aromatic rings. The fraction of sp³-hybridized carbons (Fsp3) is 0.455. The maximum Gasteiger partial charge on any atom is 0.173 e. The summed E-state index contributed by atoms with van der Waals surface area (Å²) in [7, 11) is 3.27. The molecule has 3 nitrogen and oxygen atoms in total. The van der Waals surface area contributed by atoms with Crippen molar-refractivity contribution >= 4 is 5.69 Å². The van der Waals surface area contributed by atoms with Crippen LogP contribution >= 0.6 is 0 Å². The van der Waals surface area contributed by atoms with Gasteiger partial charge in [-0.25, -0.2) is 0 Å². The predicted octanol–water partition coefficient (Wildman–Crippen LogP) is 2.03. The quantitative estimate of drug-likeness (QED) is 0.729. The van der Waals surface area contributed by atoms with Crippen LogP contribution < -0.4 is 5.32 Å². The first kappa shape index (κ1) is 11.0. The summed E-state index contributed by atoms with van der Waals surface area (Å²) in [6.07, 6.45) is -0.199. The molecule has 0 unspecified atom stereocenters. The second-order valence-electron chi connectivity index (χ2n) is 3.10. The van der Waals surface area contributed by atoms with Gasteiger partial charge in [0.1, 0.15) is 0 Å². The van der Waals surface area contributed by atoms with Crippen LogP contribution in [0.4, 0.5) is 5.69 Å². The summed E-state index contributed by atoms with van der Waals surface area (Å²) in [6.45, 7) is 2.72. The van der Waals surface area contributed by atoms with Crippen LogP contribution in [0.3, 0.4) is 0 Å². The third-order valence-electron chi connectivity index (χ3n) is 2.13. The molecule has 0 fully saturated rings. The van der Waals surface area contributed by atoms with Crippen molar-refractivity contribution in [2.75, 3.05) is 26.1 Å². The van der Waals surface area contributed by atoms with Crippen molar-refractivity contribution in [2.24, 2.45) is 0 Å². The predicted molar refractivity (Wildman–Crippen MR) is 57.5 cm³/mol. The molecule has 0 bridgehead atoms. The number of nitrogens with one attached hydrogen (secondary N) is 1. The highest BCUT2D eigenvalue weighted by atomic mass is 16.7. The van der Waals surface area contributed by atoms with Crippen molar-refractivity contribution in [3.63, 3.8) is 0 Å². The molecule has 1 N–H and O–H groups in total. The number of hydrogen-bond acceptors (Lipinski definition) is 3. The average molecular weight is 195 g/mol. The Morgan fingerprint density at radius 1 is 1.21 bits per heavy atom. The fourth-order valence-corrected chi connectivity index (χ4v) is 1.23. The highest BCUT2D eigenvalue weighted by molar-refractivity contribution is 5.50. The number of anilines is 1. The van der Waals surface area contributed by atoms with E-state index >= 15 is 0 Å². The van der Waals surface area contributed by atoms with Crippen LogP contribution in [0.25, 0.3) is 0 Å². The van der Waals surface area contributed by atoms with Gasteiger partial charge in [0.25, 0.3) is 0 Å². The van der Waals surface area contributed by atoms with Crippen LogP contribution in [-0.2, 0) is 9.47 Å². The monoisotopic (exact) mass is 195 g/mol. The van der Waals surface area contributed by atoms with Crippen LogP contribution in [0, 0.1) is 6.92 Å². The van der Waals surface area contributed by atoms with Crippen LogP contribution in [0.1, 0.15) is 5.56 Å². The molecule has 0 saturated carbocycles. The van der Waals surface area contributed by atoms with Crippen LogP contribution in [0.2, 0.25) is 0 Å². The zero-order valence-electron chi connectivity index (χ0n) is 8.91. The molecule has 78 valence electrons. The minimum Gasteiger partial charge on any atom is -0.380 e. The van der Waals surface area contributed by atoms with Gasteiger partial charge < -0.3 is 14.8 Å². The van der Waals surface area contributed by atoms with Gasteiger partial charge in [-0.3, -0.25) is 0 Å². The molecule has 0 aromatic heterocycles. The number of ether oxygens (including phenoxy) is 2. The Labute approximate surface area is 85.0 Å². The van der Waals surface area contributed by atoms with Crippen molar-refractivity contribution < 1.29 is 9.47 Å². The van der Waals surface area contributed by atoms with E-state index in [-0.39, 0.29) is 6.29 Å². The number of hydrogen-bond donors (Lipinski definition) is 1. The van der Waals surface area contributed by atoms with E-state index in [0.717, 1.165) is 5.69 Å². The third kappa shape index (κ3) is 3.01. The van der Waals surface area contributed by atoms with E-state index in [1.165, 1.54) is 5.56 Å².